The first-order valence-corrected chi connectivity index (χ1v) is 11.6. The van der Waals surface area contributed by atoms with E-state index in [0.717, 1.165) is 17.1 Å². The number of carbonyl (C=O) groups excluding carboxylic acids is 2. The Balaban J connectivity index is 1.47. The van der Waals surface area contributed by atoms with E-state index >= 15 is 0 Å². The van der Waals surface area contributed by atoms with Crippen molar-refractivity contribution in [2.45, 2.75) is 58.2 Å². The van der Waals surface area contributed by atoms with Gasteiger partial charge in [-0.1, -0.05) is 31.1 Å². The molecule has 1 aliphatic heterocycles. The second kappa shape index (κ2) is 9.80. The van der Waals surface area contributed by atoms with Crippen molar-refractivity contribution >= 4 is 11.8 Å². The summed E-state index contributed by atoms with van der Waals surface area (Å²) in [7, 11) is 0. The van der Waals surface area contributed by atoms with Crippen LogP contribution in [0.1, 0.15) is 56.3 Å². The van der Waals surface area contributed by atoms with Crippen molar-refractivity contribution in [3.8, 4) is 5.69 Å². The SMILES string of the molecule is Cc1nccn1-c1ccc([C@H](C)NC(=O)[C@@H]2C[C@@H](O)CN2C(=O)[C@H](c2ccno2)C(C)C)cc1. The third kappa shape index (κ3) is 4.75. The van der Waals surface area contributed by atoms with Crippen LogP contribution < -0.4 is 5.32 Å². The van der Waals surface area contributed by atoms with Crippen molar-refractivity contribution in [2.24, 2.45) is 5.92 Å². The van der Waals surface area contributed by atoms with Gasteiger partial charge in [-0.3, -0.25) is 9.59 Å². The molecule has 0 spiro atoms. The Hall–Kier alpha value is -3.46. The van der Waals surface area contributed by atoms with Gasteiger partial charge in [-0.25, -0.2) is 4.98 Å². The number of likely N-dealkylation sites (tertiary alicyclic amines) is 1. The summed E-state index contributed by atoms with van der Waals surface area (Å²) in [6.45, 7) is 7.79. The number of carbonyl (C=O) groups is 2. The van der Waals surface area contributed by atoms with Gasteiger partial charge in [0, 0.05) is 37.1 Å². The molecule has 9 nitrogen and oxygen atoms in total. The number of nitrogens with zero attached hydrogens (tertiary/aromatic N) is 4. The number of hydrogen-bond donors (Lipinski definition) is 2. The standard InChI is InChI=1S/C25H31N5O4/c1-15(2)23(22-9-10-27-34-22)25(33)30-14-20(31)13-21(30)24(32)28-16(3)18-5-7-19(8-6-18)29-12-11-26-17(29)4/h5-12,15-16,20-21,23,31H,13-14H2,1-4H3,(H,28,32)/t16-,20+,21-,23-/m0/s1. The summed E-state index contributed by atoms with van der Waals surface area (Å²) < 4.78 is 7.24. The fourth-order valence-electron chi connectivity index (χ4n) is 4.57. The van der Waals surface area contributed by atoms with Gasteiger partial charge in [0.15, 0.2) is 0 Å². The average molecular weight is 466 g/mol. The van der Waals surface area contributed by atoms with Crippen molar-refractivity contribution in [1.29, 1.82) is 0 Å². The summed E-state index contributed by atoms with van der Waals surface area (Å²) >= 11 is 0. The molecule has 2 amide bonds. The first-order valence-electron chi connectivity index (χ1n) is 11.6. The van der Waals surface area contributed by atoms with Crippen molar-refractivity contribution in [3.05, 3.63) is 66.1 Å². The minimum Gasteiger partial charge on any atom is -0.391 e. The number of hydrogen-bond acceptors (Lipinski definition) is 6. The number of benzene rings is 1. The quantitative estimate of drug-likeness (QED) is 0.555. The molecule has 180 valence electrons. The fraction of sp³-hybridized carbons (Fsp3) is 0.440. The Morgan fingerprint density at radius 2 is 1.88 bits per heavy atom. The largest absolute Gasteiger partial charge is 0.391 e. The zero-order valence-electron chi connectivity index (χ0n) is 19.9. The molecule has 0 aliphatic carbocycles. The Bertz CT molecular complexity index is 1120. The van der Waals surface area contributed by atoms with E-state index in [9.17, 15) is 14.7 Å². The maximum absolute atomic E-state index is 13.4. The molecular weight excluding hydrogens is 434 g/mol. The van der Waals surface area contributed by atoms with E-state index < -0.39 is 18.1 Å². The van der Waals surface area contributed by atoms with Crippen molar-refractivity contribution < 1.29 is 19.2 Å². The van der Waals surface area contributed by atoms with Crippen molar-refractivity contribution in [2.75, 3.05) is 6.54 Å². The van der Waals surface area contributed by atoms with Gasteiger partial charge >= 0.3 is 0 Å². The fourth-order valence-corrected chi connectivity index (χ4v) is 4.57. The molecule has 1 saturated heterocycles. The zero-order chi connectivity index (χ0) is 24.4. The number of imidazole rings is 1. The van der Waals surface area contributed by atoms with Crippen LogP contribution in [0.3, 0.4) is 0 Å². The van der Waals surface area contributed by atoms with Gasteiger partial charge in [0.1, 0.15) is 23.5 Å². The Morgan fingerprint density at radius 1 is 1.15 bits per heavy atom. The summed E-state index contributed by atoms with van der Waals surface area (Å²) in [5, 5.41) is 17.0. The molecule has 4 atom stereocenters. The van der Waals surface area contributed by atoms with Crippen LogP contribution >= 0.6 is 0 Å². The van der Waals surface area contributed by atoms with Crippen LogP contribution in [0.4, 0.5) is 0 Å². The second-order valence-corrected chi connectivity index (χ2v) is 9.20. The molecule has 0 bridgehead atoms. The van der Waals surface area contributed by atoms with Gasteiger partial charge in [-0.05, 0) is 37.5 Å². The summed E-state index contributed by atoms with van der Waals surface area (Å²) in [6.07, 6.45) is 4.60. The van der Waals surface area contributed by atoms with E-state index in [1.807, 2.05) is 62.7 Å². The smallest absolute Gasteiger partial charge is 0.243 e. The number of β-amino-alcohol motifs (C(OH)–C–C–N with tert-alkyl or cyclic N) is 1. The number of nitrogens with one attached hydrogen (secondary N) is 1. The number of aliphatic hydroxyl groups is 1. The normalized spacial score (nSPS) is 19.9. The third-order valence-electron chi connectivity index (χ3n) is 6.42. The topological polar surface area (TPSA) is 113 Å². The highest BCUT2D eigenvalue weighted by Gasteiger charge is 2.43. The second-order valence-electron chi connectivity index (χ2n) is 9.20. The lowest BCUT2D eigenvalue weighted by molar-refractivity contribution is -0.141. The molecule has 4 rings (SSSR count). The number of aryl methyl sites for hydroxylation is 1. The third-order valence-corrected chi connectivity index (χ3v) is 6.42. The molecule has 1 aromatic carbocycles. The molecule has 34 heavy (non-hydrogen) atoms. The Morgan fingerprint density at radius 3 is 2.47 bits per heavy atom. The lowest BCUT2D eigenvalue weighted by Gasteiger charge is -2.29. The zero-order valence-corrected chi connectivity index (χ0v) is 19.9. The van der Waals surface area contributed by atoms with Gasteiger partial charge in [0.25, 0.3) is 0 Å². The van der Waals surface area contributed by atoms with E-state index in [1.54, 1.807) is 12.3 Å². The highest BCUT2D eigenvalue weighted by atomic mass is 16.5. The molecule has 0 unspecified atom stereocenters. The molecule has 3 heterocycles. The van der Waals surface area contributed by atoms with E-state index in [4.69, 9.17) is 4.52 Å². The van der Waals surface area contributed by atoms with Gasteiger partial charge in [-0.2, -0.15) is 0 Å². The van der Waals surface area contributed by atoms with E-state index in [1.165, 1.54) is 11.1 Å². The van der Waals surface area contributed by atoms with Gasteiger partial charge < -0.3 is 24.4 Å². The average Bonchev–Trinajstić information content (AvgIpc) is 3.55. The molecule has 3 aromatic rings. The first-order chi connectivity index (χ1) is 16.3. The van der Waals surface area contributed by atoms with Crippen molar-refractivity contribution in [1.82, 2.24) is 24.9 Å². The lowest BCUT2D eigenvalue weighted by Crippen LogP contribution is -2.48. The number of amides is 2. The number of aliphatic hydroxyl groups excluding tert-OH is 1. The predicted octanol–water partition coefficient (Wildman–Crippen LogP) is 2.75. The van der Waals surface area contributed by atoms with Gasteiger partial charge in [0.05, 0.1) is 18.3 Å². The van der Waals surface area contributed by atoms with E-state index in [0.29, 0.717) is 5.76 Å². The summed E-state index contributed by atoms with van der Waals surface area (Å²) in [5.41, 5.74) is 1.92. The molecule has 2 aromatic heterocycles. The van der Waals surface area contributed by atoms with E-state index in [-0.39, 0.29) is 36.7 Å². The maximum atomic E-state index is 13.4. The van der Waals surface area contributed by atoms with Crippen LogP contribution in [0, 0.1) is 12.8 Å². The molecule has 1 fully saturated rings. The van der Waals surface area contributed by atoms with Crippen molar-refractivity contribution in [3.63, 3.8) is 0 Å². The van der Waals surface area contributed by atoms with Crippen LogP contribution in [0.15, 0.2) is 53.4 Å². The predicted molar refractivity (Wildman–Crippen MR) is 125 cm³/mol. The van der Waals surface area contributed by atoms with Crippen LogP contribution in [0.2, 0.25) is 0 Å². The summed E-state index contributed by atoms with van der Waals surface area (Å²) in [5.74, 6) is 0.201. The van der Waals surface area contributed by atoms with Gasteiger partial charge in [-0.15, -0.1) is 0 Å². The van der Waals surface area contributed by atoms with Crippen LogP contribution in [0.25, 0.3) is 5.69 Å². The minimum absolute atomic E-state index is 0.0570. The van der Waals surface area contributed by atoms with Crippen LogP contribution in [0.5, 0.6) is 0 Å². The highest BCUT2D eigenvalue weighted by Crippen LogP contribution is 2.30. The molecule has 1 aliphatic rings. The Kier molecular flexibility index (Phi) is 6.83. The summed E-state index contributed by atoms with van der Waals surface area (Å²) in [6, 6.07) is 8.53. The van der Waals surface area contributed by atoms with E-state index in [2.05, 4.69) is 15.5 Å². The van der Waals surface area contributed by atoms with Gasteiger partial charge in [0.2, 0.25) is 11.8 Å². The maximum Gasteiger partial charge on any atom is 0.243 e. The highest BCUT2D eigenvalue weighted by molar-refractivity contribution is 5.91. The Labute approximate surface area is 198 Å². The van der Waals surface area contributed by atoms with Crippen LogP contribution in [-0.2, 0) is 9.59 Å². The molecule has 2 N–H and O–H groups in total. The molecule has 9 heteroatoms. The first kappa shape index (κ1) is 23.7. The van der Waals surface area contributed by atoms with Crippen LogP contribution in [-0.4, -0.2) is 55.2 Å². The molecular formula is C25H31N5O4. The number of rotatable bonds is 7. The minimum atomic E-state index is -0.754. The molecule has 0 saturated carbocycles. The monoisotopic (exact) mass is 465 g/mol. The number of aromatic nitrogens is 3. The lowest BCUT2D eigenvalue weighted by atomic mass is 9.91. The molecule has 0 radical (unpaired) electrons. The summed E-state index contributed by atoms with van der Waals surface area (Å²) in [4.78, 5) is 32.3.